The van der Waals surface area contributed by atoms with Crippen molar-refractivity contribution in [1.29, 1.82) is 5.26 Å². The first-order valence-electron chi connectivity index (χ1n) is 7.42. The third-order valence-electron chi connectivity index (χ3n) is 3.56. The molecule has 5 heteroatoms. The zero-order chi connectivity index (χ0) is 17.1. The number of aryl methyl sites for hydroxylation is 2. The zero-order valence-electron chi connectivity index (χ0n) is 13.3. The molecule has 0 saturated carbocycles. The van der Waals surface area contributed by atoms with Crippen molar-refractivity contribution in [2.75, 3.05) is 0 Å². The van der Waals surface area contributed by atoms with Crippen LogP contribution in [0.2, 0.25) is 0 Å². The average molecular weight is 333 g/mol. The summed E-state index contributed by atoms with van der Waals surface area (Å²) in [6, 6.07) is 15.2. The molecule has 1 aliphatic heterocycles. The Labute approximate surface area is 144 Å². The van der Waals surface area contributed by atoms with Crippen molar-refractivity contribution in [2.45, 2.75) is 13.8 Å². The Bertz CT molecular complexity index is 905. The van der Waals surface area contributed by atoms with Crippen LogP contribution < -0.4 is 5.32 Å². The molecule has 118 valence electrons. The maximum Gasteiger partial charge on any atom is 0.264 e. The minimum atomic E-state index is -0.159. The van der Waals surface area contributed by atoms with Gasteiger partial charge in [0.2, 0.25) is 0 Å². The summed E-state index contributed by atoms with van der Waals surface area (Å²) < 4.78 is 0. The van der Waals surface area contributed by atoms with Crippen LogP contribution in [0.15, 0.2) is 52.4 Å². The van der Waals surface area contributed by atoms with Gasteiger partial charge in [-0.2, -0.15) is 5.26 Å². The first-order valence-corrected chi connectivity index (χ1v) is 8.24. The molecule has 0 radical (unpaired) electrons. The molecule has 4 nitrogen and oxygen atoms in total. The predicted octanol–water partition coefficient (Wildman–Crippen LogP) is 4.07. The van der Waals surface area contributed by atoms with Crippen LogP contribution in [0, 0.1) is 25.2 Å². The maximum absolute atomic E-state index is 12.1. The number of hydrogen-bond donors (Lipinski definition) is 1. The molecule has 0 spiro atoms. The first kappa shape index (κ1) is 16.0. The van der Waals surface area contributed by atoms with Gasteiger partial charge in [0.05, 0.1) is 22.2 Å². The van der Waals surface area contributed by atoms with Crippen LogP contribution >= 0.6 is 11.8 Å². The second-order valence-corrected chi connectivity index (χ2v) is 6.54. The number of nitrogens with one attached hydrogen (secondary N) is 1. The van der Waals surface area contributed by atoms with Crippen LogP contribution in [0.3, 0.4) is 0 Å². The number of amides is 1. The highest BCUT2D eigenvalue weighted by molar-refractivity contribution is 8.18. The molecule has 0 aliphatic carbocycles. The highest BCUT2D eigenvalue weighted by Crippen LogP contribution is 2.29. The molecule has 1 heterocycles. The summed E-state index contributed by atoms with van der Waals surface area (Å²) in [7, 11) is 0. The van der Waals surface area contributed by atoms with E-state index in [4.69, 9.17) is 5.26 Å². The van der Waals surface area contributed by atoms with Gasteiger partial charge in [-0.3, -0.25) is 4.79 Å². The van der Waals surface area contributed by atoms with Gasteiger partial charge in [-0.1, -0.05) is 29.8 Å². The van der Waals surface area contributed by atoms with Crippen molar-refractivity contribution < 1.29 is 4.79 Å². The van der Waals surface area contributed by atoms with Crippen molar-refractivity contribution in [2.24, 2.45) is 4.99 Å². The Morgan fingerprint density at radius 3 is 2.58 bits per heavy atom. The lowest BCUT2D eigenvalue weighted by molar-refractivity contribution is -0.115. The minimum Gasteiger partial charge on any atom is -0.300 e. The number of rotatable bonds is 2. The van der Waals surface area contributed by atoms with Gasteiger partial charge in [-0.05, 0) is 61.0 Å². The Kier molecular flexibility index (Phi) is 4.50. The molecular weight excluding hydrogens is 318 g/mol. The highest BCUT2D eigenvalue weighted by Gasteiger charge is 2.23. The van der Waals surface area contributed by atoms with Gasteiger partial charge in [0.25, 0.3) is 5.91 Å². The van der Waals surface area contributed by atoms with Crippen LogP contribution in [0.25, 0.3) is 6.08 Å². The van der Waals surface area contributed by atoms with Crippen molar-refractivity contribution in [3.63, 3.8) is 0 Å². The number of nitriles is 1. The summed E-state index contributed by atoms with van der Waals surface area (Å²) in [6.07, 6.45) is 1.80. The summed E-state index contributed by atoms with van der Waals surface area (Å²) in [6.45, 7) is 4.04. The van der Waals surface area contributed by atoms with Gasteiger partial charge in [-0.25, -0.2) is 4.99 Å². The van der Waals surface area contributed by atoms with E-state index in [2.05, 4.69) is 22.4 Å². The molecule has 1 N–H and O–H groups in total. The molecule has 1 amide bonds. The fraction of sp³-hybridized carbons (Fsp3) is 0.105. The minimum absolute atomic E-state index is 0.159. The SMILES string of the molecule is Cc1ccc(N=C2NC(=O)C(=Cc3ccc(C#N)cc3)S2)c(C)c1. The number of aliphatic imine (C=N–C) groups is 1. The molecule has 0 bridgehead atoms. The molecule has 0 aromatic heterocycles. The van der Waals surface area contributed by atoms with Gasteiger partial charge < -0.3 is 5.32 Å². The second-order valence-electron chi connectivity index (χ2n) is 5.51. The van der Waals surface area contributed by atoms with Crippen molar-refractivity contribution in [3.8, 4) is 6.07 Å². The van der Waals surface area contributed by atoms with E-state index in [1.54, 1.807) is 18.2 Å². The van der Waals surface area contributed by atoms with E-state index in [0.29, 0.717) is 15.6 Å². The van der Waals surface area contributed by atoms with Gasteiger partial charge in [-0.15, -0.1) is 0 Å². The van der Waals surface area contributed by atoms with E-state index in [-0.39, 0.29) is 5.91 Å². The average Bonchev–Trinajstić information content (AvgIpc) is 2.90. The lowest BCUT2D eigenvalue weighted by Gasteiger charge is -2.02. The number of carbonyl (C=O) groups is 1. The quantitative estimate of drug-likeness (QED) is 0.843. The van der Waals surface area contributed by atoms with Crippen LogP contribution in [0.1, 0.15) is 22.3 Å². The molecule has 3 rings (SSSR count). The van der Waals surface area contributed by atoms with Gasteiger partial charge in [0, 0.05) is 0 Å². The smallest absolute Gasteiger partial charge is 0.264 e. The summed E-state index contributed by atoms with van der Waals surface area (Å²) in [5, 5.41) is 12.2. The Morgan fingerprint density at radius 1 is 1.17 bits per heavy atom. The summed E-state index contributed by atoms with van der Waals surface area (Å²) in [4.78, 5) is 17.2. The molecule has 0 atom stereocenters. The van der Waals surface area contributed by atoms with E-state index in [9.17, 15) is 4.79 Å². The molecule has 1 fully saturated rings. The largest absolute Gasteiger partial charge is 0.300 e. The third kappa shape index (κ3) is 3.55. The zero-order valence-corrected chi connectivity index (χ0v) is 14.1. The molecule has 0 unspecified atom stereocenters. The Balaban J connectivity index is 1.83. The van der Waals surface area contributed by atoms with E-state index in [0.717, 1.165) is 16.8 Å². The summed E-state index contributed by atoms with van der Waals surface area (Å²) in [5.74, 6) is -0.159. The summed E-state index contributed by atoms with van der Waals surface area (Å²) >= 11 is 1.32. The lowest BCUT2D eigenvalue weighted by atomic mass is 10.1. The number of thioether (sulfide) groups is 1. The highest BCUT2D eigenvalue weighted by atomic mass is 32.2. The predicted molar refractivity (Wildman–Crippen MR) is 97.9 cm³/mol. The summed E-state index contributed by atoms with van der Waals surface area (Å²) in [5.41, 5.74) is 4.57. The number of nitrogens with zero attached hydrogens (tertiary/aromatic N) is 2. The van der Waals surface area contributed by atoms with Crippen LogP contribution in [-0.4, -0.2) is 11.1 Å². The lowest BCUT2D eigenvalue weighted by Crippen LogP contribution is -2.19. The van der Waals surface area contributed by atoms with Gasteiger partial charge in [0.1, 0.15) is 0 Å². The van der Waals surface area contributed by atoms with Crippen LogP contribution in [0.4, 0.5) is 5.69 Å². The number of carbonyl (C=O) groups excluding carboxylic acids is 1. The van der Waals surface area contributed by atoms with Gasteiger partial charge >= 0.3 is 0 Å². The number of hydrogen-bond acceptors (Lipinski definition) is 4. The Hall–Kier alpha value is -2.84. The molecule has 1 saturated heterocycles. The first-order chi connectivity index (χ1) is 11.5. The Morgan fingerprint density at radius 2 is 1.92 bits per heavy atom. The fourth-order valence-electron chi connectivity index (χ4n) is 2.33. The van der Waals surface area contributed by atoms with E-state index >= 15 is 0 Å². The van der Waals surface area contributed by atoms with E-state index in [1.165, 1.54) is 17.3 Å². The van der Waals surface area contributed by atoms with E-state index < -0.39 is 0 Å². The van der Waals surface area contributed by atoms with Crippen LogP contribution in [0.5, 0.6) is 0 Å². The van der Waals surface area contributed by atoms with Crippen molar-refractivity contribution >= 4 is 34.6 Å². The van der Waals surface area contributed by atoms with Gasteiger partial charge in [0.15, 0.2) is 5.17 Å². The molecule has 24 heavy (non-hydrogen) atoms. The molecule has 1 aliphatic rings. The monoisotopic (exact) mass is 333 g/mol. The van der Waals surface area contributed by atoms with Crippen molar-refractivity contribution in [3.05, 3.63) is 69.6 Å². The fourth-order valence-corrected chi connectivity index (χ4v) is 3.16. The normalized spacial score (nSPS) is 17.1. The standard InChI is InChI=1S/C19H15N3OS/c1-12-3-8-16(13(2)9-12)21-19-22-18(23)17(24-19)10-14-4-6-15(11-20)7-5-14/h3-10H,1-2H3,(H,21,22,23). The number of amidine groups is 1. The molecule has 2 aromatic rings. The van der Waals surface area contributed by atoms with E-state index in [1.807, 2.05) is 38.1 Å². The molecular formula is C19H15N3OS. The molecule has 2 aromatic carbocycles. The second kappa shape index (κ2) is 6.73. The van der Waals surface area contributed by atoms with Crippen LogP contribution in [-0.2, 0) is 4.79 Å². The topological polar surface area (TPSA) is 65.2 Å². The van der Waals surface area contributed by atoms with Crippen molar-refractivity contribution in [1.82, 2.24) is 5.32 Å². The third-order valence-corrected chi connectivity index (χ3v) is 4.47. The maximum atomic E-state index is 12.1. The number of benzene rings is 2.